The molecule has 33 heavy (non-hydrogen) atoms. The van der Waals surface area contributed by atoms with Gasteiger partial charge in [0.15, 0.2) is 11.4 Å². The van der Waals surface area contributed by atoms with Gasteiger partial charge in [-0.15, -0.1) is 0 Å². The van der Waals surface area contributed by atoms with Gasteiger partial charge < -0.3 is 21.1 Å². The Balaban J connectivity index is 1.56. The van der Waals surface area contributed by atoms with Gasteiger partial charge in [0.1, 0.15) is 11.4 Å². The minimum absolute atomic E-state index is 0.0517. The molecule has 0 spiro atoms. The second kappa shape index (κ2) is 8.78. The number of aliphatic hydroxyl groups is 1. The molecule has 10 nitrogen and oxygen atoms in total. The fourth-order valence-corrected chi connectivity index (χ4v) is 4.08. The summed E-state index contributed by atoms with van der Waals surface area (Å²) in [6.07, 6.45) is 3.15. The van der Waals surface area contributed by atoms with E-state index in [0.717, 1.165) is 37.4 Å². The lowest BCUT2D eigenvalue weighted by molar-refractivity contribution is 0.0737. The number of aromatic nitrogens is 4. The van der Waals surface area contributed by atoms with Gasteiger partial charge in [0.2, 0.25) is 0 Å². The largest absolute Gasteiger partial charge is 0.384 e. The van der Waals surface area contributed by atoms with Crippen molar-refractivity contribution in [2.75, 3.05) is 18.0 Å². The maximum atomic E-state index is 12.9. The van der Waals surface area contributed by atoms with Crippen LogP contribution in [0.25, 0.3) is 5.65 Å². The third-order valence-corrected chi connectivity index (χ3v) is 5.80. The van der Waals surface area contributed by atoms with Gasteiger partial charge >= 0.3 is 6.03 Å². The van der Waals surface area contributed by atoms with E-state index in [9.17, 15) is 14.7 Å². The quantitative estimate of drug-likeness (QED) is 0.485. The second-order valence-electron chi connectivity index (χ2n) is 9.02. The van der Waals surface area contributed by atoms with Crippen LogP contribution in [-0.2, 0) is 12.0 Å². The first-order valence-electron chi connectivity index (χ1n) is 11.0. The fourth-order valence-electron chi connectivity index (χ4n) is 4.08. The number of nitrogens with one attached hydrogen (secondary N) is 1. The number of nitrogens with two attached hydrogens (primary N) is 1. The molecule has 10 heteroatoms. The van der Waals surface area contributed by atoms with Crippen LogP contribution in [0.15, 0.2) is 30.5 Å². The average Bonchev–Trinajstić information content (AvgIpc) is 3.13. The number of carbonyl (C=O) groups is 2. The van der Waals surface area contributed by atoms with Crippen molar-refractivity contribution in [3.63, 3.8) is 0 Å². The number of pyridine rings is 1. The topological polar surface area (TPSA) is 139 Å². The summed E-state index contributed by atoms with van der Waals surface area (Å²) in [5, 5.41) is 17.4. The van der Waals surface area contributed by atoms with Gasteiger partial charge in [-0.05, 0) is 45.7 Å². The van der Waals surface area contributed by atoms with Gasteiger partial charge in [0, 0.05) is 43.0 Å². The molecule has 3 aromatic rings. The minimum atomic E-state index is -1.07. The number of anilines is 1. The lowest BCUT2D eigenvalue weighted by Gasteiger charge is -2.33. The van der Waals surface area contributed by atoms with Crippen LogP contribution in [0.4, 0.5) is 10.6 Å². The van der Waals surface area contributed by atoms with E-state index in [1.807, 2.05) is 19.1 Å². The van der Waals surface area contributed by atoms with Crippen LogP contribution in [0.5, 0.6) is 0 Å². The second-order valence-corrected chi connectivity index (χ2v) is 9.02. The highest BCUT2D eigenvalue weighted by Crippen LogP contribution is 2.24. The first-order chi connectivity index (χ1) is 15.6. The predicted octanol–water partition coefficient (Wildman–Crippen LogP) is 1.72. The Morgan fingerprint density at radius 2 is 1.97 bits per heavy atom. The van der Waals surface area contributed by atoms with E-state index >= 15 is 0 Å². The standard InChI is InChI=1S/C23H29N7O3/c1-14-10-20-26-17(11-18(31)15-4-5-19(25-13-15)23(2,3)33)12-21(30(20)28-14)29-8-6-16(7-9-29)27-22(24)32/h4-5,10,12-13,16,33H,6-9,11H2,1-3H3,(H3,24,27,32). The first-order valence-corrected chi connectivity index (χ1v) is 11.0. The number of piperidine rings is 1. The number of rotatable bonds is 6. The van der Waals surface area contributed by atoms with E-state index in [4.69, 9.17) is 5.73 Å². The molecule has 174 valence electrons. The number of nitrogens with zero attached hydrogens (tertiary/aromatic N) is 5. The van der Waals surface area contributed by atoms with Crippen LogP contribution in [-0.4, -0.2) is 55.6 Å². The summed E-state index contributed by atoms with van der Waals surface area (Å²) < 4.78 is 1.80. The highest BCUT2D eigenvalue weighted by Gasteiger charge is 2.24. The highest BCUT2D eigenvalue weighted by atomic mass is 16.3. The van der Waals surface area contributed by atoms with Crippen LogP contribution < -0.4 is 16.0 Å². The van der Waals surface area contributed by atoms with Crippen molar-refractivity contribution in [3.8, 4) is 0 Å². The number of ketones is 1. The summed E-state index contributed by atoms with van der Waals surface area (Å²) in [6, 6.07) is 6.68. The van der Waals surface area contributed by atoms with Crippen molar-refractivity contribution >= 4 is 23.3 Å². The summed E-state index contributed by atoms with van der Waals surface area (Å²) >= 11 is 0. The van der Waals surface area contributed by atoms with Gasteiger partial charge in [-0.3, -0.25) is 9.78 Å². The maximum Gasteiger partial charge on any atom is 0.312 e. The highest BCUT2D eigenvalue weighted by molar-refractivity contribution is 5.97. The Hall–Kier alpha value is -3.53. The smallest absolute Gasteiger partial charge is 0.312 e. The molecule has 0 bridgehead atoms. The van der Waals surface area contributed by atoms with Crippen LogP contribution >= 0.6 is 0 Å². The Kier molecular flexibility index (Phi) is 6.03. The molecule has 4 N–H and O–H groups in total. The third kappa shape index (κ3) is 5.11. The van der Waals surface area contributed by atoms with Gasteiger partial charge in [0.05, 0.1) is 23.5 Å². The minimum Gasteiger partial charge on any atom is -0.384 e. The fraction of sp³-hybridized carbons (Fsp3) is 0.435. The van der Waals surface area contributed by atoms with E-state index < -0.39 is 11.6 Å². The average molecular weight is 452 g/mol. The molecular weight excluding hydrogens is 422 g/mol. The number of hydrogen-bond donors (Lipinski definition) is 3. The van der Waals surface area contributed by atoms with Crippen molar-refractivity contribution in [3.05, 3.63) is 53.1 Å². The predicted molar refractivity (Wildman–Crippen MR) is 123 cm³/mol. The maximum absolute atomic E-state index is 12.9. The van der Waals surface area contributed by atoms with Crippen molar-refractivity contribution in [2.45, 2.75) is 51.7 Å². The molecule has 0 unspecified atom stereocenters. The number of Topliss-reactive ketones (excluding diaryl/α,β-unsaturated/α-hetero) is 1. The number of aryl methyl sites for hydroxylation is 1. The first kappa shape index (κ1) is 22.7. The zero-order chi connectivity index (χ0) is 23.8. The molecule has 0 aliphatic carbocycles. The zero-order valence-corrected chi connectivity index (χ0v) is 19.1. The lowest BCUT2D eigenvalue weighted by Crippen LogP contribution is -2.46. The number of fused-ring (bicyclic) bond motifs is 1. The Bertz CT molecular complexity index is 1170. The zero-order valence-electron chi connectivity index (χ0n) is 19.1. The number of primary amides is 1. The molecule has 0 aromatic carbocycles. The van der Waals surface area contributed by atoms with Gasteiger partial charge in [-0.25, -0.2) is 9.78 Å². The molecule has 4 heterocycles. The number of carbonyl (C=O) groups excluding carboxylic acids is 2. The van der Waals surface area contributed by atoms with Crippen LogP contribution in [0.1, 0.15) is 54.1 Å². The number of hydrogen-bond acceptors (Lipinski definition) is 7. The molecule has 2 amide bonds. The Morgan fingerprint density at radius 1 is 1.24 bits per heavy atom. The molecule has 0 atom stereocenters. The van der Waals surface area contributed by atoms with Crippen molar-refractivity contribution in [2.24, 2.45) is 5.73 Å². The lowest BCUT2D eigenvalue weighted by atomic mass is 10.0. The molecule has 0 saturated carbocycles. The van der Waals surface area contributed by atoms with E-state index in [1.165, 1.54) is 6.20 Å². The Labute approximate surface area is 191 Å². The van der Waals surface area contributed by atoms with E-state index in [0.29, 0.717) is 22.6 Å². The van der Waals surface area contributed by atoms with Crippen molar-refractivity contribution in [1.82, 2.24) is 24.9 Å². The van der Waals surface area contributed by atoms with Crippen molar-refractivity contribution in [1.29, 1.82) is 0 Å². The van der Waals surface area contributed by atoms with Crippen LogP contribution in [0.2, 0.25) is 0 Å². The molecule has 4 rings (SSSR count). The molecule has 1 saturated heterocycles. The number of amides is 2. The van der Waals surface area contributed by atoms with E-state index in [2.05, 4.69) is 25.3 Å². The van der Waals surface area contributed by atoms with Crippen molar-refractivity contribution < 1.29 is 14.7 Å². The molecular formula is C23H29N7O3. The SMILES string of the molecule is Cc1cc2nc(CC(=O)c3ccc(C(C)(C)O)nc3)cc(N3CCC(NC(N)=O)CC3)n2n1. The molecule has 1 fully saturated rings. The Morgan fingerprint density at radius 3 is 2.58 bits per heavy atom. The van der Waals surface area contributed by atoms with Gasteiger partial charge in [0.25, 0.3) is 0 Å². The summed E-state index contributed by atoms with van der Waals surface area (Å²) in [5.41, 5.74) is 7.32. The van der Waals surface area contributed by atoms with Crippen LogP contribution in [0.3, 0.4) is 0 Å². The summed E-state index contributed by atoms with van der Waals surface area (Å²) in [7, 11) is 0. The summed E-state index contributed by atoms with van der Waals surface area (Å²) in [4.78, 5) is 35.1. The molecule has 3 aromatic heterocycles. The van der Waals surface area contributed by atoms with E-state index in [1.54, 1.807) is 30.5 Å². The van der Waals surface area contributed by atoms with Gasteiger partial charge in [-0.1, -0.05) is 0 Å². The van der Waals surface area contributed by atoms with E-state index in [-0.39, 0.29) is 18.2 Å². The molecule has 0 radical (unpaired) electrons. The molecule has 1 aliphatic rings. The summed E-state index contributed by atoms with van der Waals surface area (Å²) in [5.74, 6) is 0.761. The monoisotopic (exact) mass is 451 g/mol. The third-order valence-electron chi connectivity index (χ3n) is 5.80. The number of urea groups is 1. The molecule has 1 aliphatic heterocycles. The summed E-state index contributed by atoms with van der Waals surface area (Å²) in [6.45, 7) is 6.65. The van der Waals surface area contributed by atoms with Gasteiger partial charge in [-0.2, -0.15) is 9.61 Å². The normalized spacial score (nSPS) is 15.1. The van der Waals surface area contributed by atoms with Crippen LogP contribution in [0, 0.1) is 6.92 Å².